The van der Waals surface area contributed by atoms with Crippen LogP contribution in [0.5, 0.6) is 17.2 Å². The van der Waals surface area contributed by atoms with E-state index in [0.29, 0.717) is 53.2 Å². The van der Waals surface area contributed by atoms with Crippen LogP contribution in [0.4, 0.5) is 5.95 Å². The minimum Gasteiger partial charge on any atom is -0.493 e. The number of unbranched alkanes of at least 4 members (excludes halogenated alkanes) is 1. The van der Waals surface area contributed by atoms with Crippen LogP contribution in [0.3, 0.4) is 0 Å². The molecule has 0 bridgehead atoms. The van der Waals surface area contributed by atoms with Gasteiger partial charge in [-0.25, -0.2) is 4.98 Å². The number of hydrogen-bond acceptors (Lipinski definition) is 7. The second-order valence-electron chi connectivity index (χ2n) is 6.80. The Bertz CT molecular complexity index is 1170. The van der Waals surface area contributed by atoms with Crippen molar-refractivity contribution in [3.63, 3.8) is 0 Å². The summed E-state index contributed by atoms with van der Waals surface area (Å²) >= 11 is 6.38. The fourth-order valence-corrected chi connectivity index (χ4v) is 3.67. The second kappa shape index (κ2) is 9.81. The first-order chi connectivity index (χ1) is 14.9. The molecule has 8 nitrogen and oxygen atoms in total. The van der Waals surface area contributed by atoms with E-state index >= 15 is 0 Å². The number of fused-ring (bicyclic) bond motifs is 1. The molecule has 3 aromatic rings. The summed E-state index contributed by atoms with van der Waals surface area (Å²) in [5.74, 6) is 7.94. The molecule has 3 rings (SSSR count). The molecule has 0 aliphatic heterocycles. The Morgan fingerprint density at radius 3 is 2.58 bits per heavy atom. The number of ether oxygens (including phenoxy) is 3. The van der Waals surface area contributed by atoms with Gasteiger partial charge in [0, 0.05) is 25.8 Å². The van der Waals surface area contributed by atoms with Crippen molar-refractivity contribution in [2.24, 2.45) is 0 Å². The number of nitrogens with zero attached hydrogens (tertiary/aromatic N) is 3. The Balaban J connectivity index is 2.15. The van der Waals surface area contributed by atoms with Crippen molar-refractivity contribution in [3.8, 4) is 29.1 Å². The maximum absolute atomic E-state index is 8.97. The molecule has 31 heavy (non-hydrogen) atoms. The number of hydrogen-bond donors (Lipinski definition) is 2. The molecule has 2 aromatic heterocycles. The van der Waals surface area contributed by atoms with E-state index in [4.69, 9.17) is 36.7 Å². The lowest BCUT2D eigenvalue weighted by Gasteiger charge is -2.18. The normalized spacial score (nSPS) is 10.6. The summed E-state index contributed by atoms with van der Waals surface area (Å²) in [6.45, 7) is 0.543. The molecule has 2 heterocycles. The summed E-state index contributed by atoms with van der Waals surface area (Å²) in [7, 11) is 6.69. The molecule has 0 fully saturated rings. The van der Waals surface area contributed by atoms with Gasteiger partial charge in [0.25, 0.3) is 0 Å². The van der Waals surface area contributed by atoms with E-state index < -0.39 is 0 Å². The first-order valence-corrected chi connectivity index (χ1v) is 10.0. The van der Waals surface area contributed by atoms with Crippen LogP contribution in [0, 0.1) is 11.8 Å². The lowest BCUT2D eigenvalue weighted by atomic mass is 9.88. The third-order valence-corrected chi connectivity index (χ3v) is 5.17. The van der Waals surface area contributed by atoms with Crippen LogP contribution in [0.2, 0.25) is 5.15 Å². The monoisotopic (exact) mass is 442 g/mol. The number of methoxy groups -OCH3 is 3. The average Bonchev–Trinajstić information content (AvgIpc) is 3.09. The topological polar surface area (TPSA) is 105 Å². The third-order valence-electron chi connectivity index (χ3n) is 4.90. The second-order valence-corrected chi connectivity index (χ2v) is 7.16. The van der Waals surface area contributed by atoms with Crippen LogP contribution in [0.25, 0.3) is 11.0 Å². The van der Waals surface area contributed by atoms with Gasteiger partial charge in [0.1, 0.15) is 18.6 Å². The van der Waals surface area contributed by atoms with Crippen LogP contribution < -0.4 is 25.4 Å². The van der Waals surface area contributed by atoms with E-state index in [1.807, 2.05) is 24.7 Å². The number of halogens is 1. The Hall–Kier alpha value is -3.09. The molecule has 0 aliphatic rings. The van der Waals surface area contributed by atoms with Gasteiger partial charge in [-0.1, -0.05) is 23.4 Å². The number of benzene rings is 1. The van der Waals surface area contributed by atoms with E-state index in [9.17, 15) is 0 Å². The maximum Gasteiger partial charge on any atom is 0.223 e. The van der Waals surface area contributed by atoms with Crippen LogP contribution in [-0.4, -0.2) is 55.4 Å². The minimum absolute atomic E-state index is 0.0817. The van der Waals surface area contributed by atoms with Gasteiger partial charge in [-0.2, -0.15) is 4.98 Å². The summed E-state index contributed by atoms with van der Waals surface area (Å²) in [4.78, 5) is 8.47. The molecule has 10 heteroatoms. The Labute approximate surface area is 186 Å². The lowest BCUT2D eigenvalue weighted by Crippen LogP contribution is -2.18. The number of anilines is 1. The van der Waals surface area contributed by atoms with E-state index in [1.165, 1.54) is 0 Å². The highest BCUT2D eigenvalue weighted by molar-refractivity contribution is 6.36. The highest BCUT2D eigenvalue weighted by Crippen LogP contribution is 2.37. The van der Waals surface area contributed by atoms with E-state index in [2.05, 4.69) is 21.8 Å². The summed E-state index contributed by atoms with van der Waals surface area (Å²) < 4.78 is 18.5. The highest BCUT2D eigenvalue weighted by atomic mass is 35.5. The van der Waals surface area contributed by atoms with Crippen LogP contribution in [0.15, 0.2) is 12.3 Å². The van der Waals surface area contributed by atoms with Crippen LogP contribution in [-0.2, 0) is 6.54 Å². The van der Waals surface area contributed by atoms with Gasteiger partial charge in [-0.05, 0) is 23.5 Å². The fraction of sp³-hybridized carbons (Fsp3) is 0.333. The molecular weight excluding hydrogens is 419 g/mol. The molecule has 162 valence electrons. The van der Waals surface area contributed by atoms with Gasteiger partial charge < -0.3 is 29.6 Å². The predicted molar refractivity (Wildman–Crippen MR) is 124 cm³/mol. The average molecular weight is 443 g/mol. The molecule has 1 aromatic carbocycles. The number of rotatable bonds is 7. The fourth-order valence-electron chi connectivity index (χ4n) is 3.40. The van der Waals surface area contributed by atoms with Crippen molar-refractivity contribution in [1.29, 1.82) is 0 Å². The van der Waals surface area contributed by atoms with Gasteiger partial charge >= 0.3 is 0 Å². The molecule has 0 unspecified atom stereocenters. The number of aromatic nitrogens is 3. The number of aliphatic hydroxyl groups is 1. The third kappa shape index (κ3) is 4.50. The number of nitrogen functional groups attached to an aromatic ring is 1. The van der Waals surface area contributed by atoms with Crippen molar-refractivity contribution in [2.45, 2.75) is 19.4 Å². The molecular formula is C21H24BClN4O4. The summed E-state index contributed by atoms with van der Waals surface area (Å²) in [6, 6.07) is 1.90. The molecule has 0 atom stereocenters. The van der Waals surface area contributed by atoms with Crippen molar-refractivity contribution in [3.05, 3.63) is 28.5 Å². The Kier molecular flexibility index (Phi) is 7.15. The SMILES string of the molecule is Bc1c(Cn2cc(C#CCCCO)c3c(Cl)nc(N)nc32)cc(OC)c(OC)c1OC. The predicted octanol–water partition coefficient (Wildman–Crippen LogP) is 1.12. The smallest absolute Gasteiger partial charge is 0.223 e. The van der Waals surface area contributed by atoms with Gasteiger partial charge in [-0.3, -0.25) is 0 Å². The summed E-state index contributed by atoms with van der Waals surface area (Å²) in [6.07, 6.45) is 3.05. The van der Waals surface area contributed by atoms with E-state index in [1.54, 1.807) is 21.3 Å². The molecule has 0 radical (unpaired) electrons. The Morgan fingerprint density at radius 2 is 1.94 bits per heavy atom. The van der Waals surface area contributed by atoms with Gasteiger partial charge in [0.2, 0.25) is 11.7 Å². The summed E-state index contributed by atoms with van der Waals surface area (Å²) in [5, 5.41) is 9.85. The minimum atomic E-state index is 0.0817. The molecule has 0 aliphatic carbocycles. The maximum atomic E-state index is 8.97. The van der Waals surface area contributed by atoms with E-state index in [-0.39, 0.29) is 17.7 Å². The van der Waals surface area contributed by atoms with Gasteiger partial charge in [0.05, 0.1) is 32.3 Å². The standard InChI is InChI=1S/C21H24BClN4O4/c1-29-14-9-13(16(22)18(31-3)17(14)30-2)11-27-10-12(7-5-4-6-8-28)15-19(23)25-21(24)26-20(15)27/h9-10,28H,4,6,8,11,22H2,1-3H3,(H2,24,25,26). The van der Waals surface area contributed by atoms with Crippen LogP contribution >= 0.6 is 11.6 Å². The van der Waals surface area contributed by atoms with Gasteiger partial charge in [-0.15, -0.1) is 0 Å². The van der Waals surface area contributed by atoms with Crippen molar-refractivity contribution in [1.82, 2.24) is 14.5 Å². The number of nitrogens with two attached hydrogens (primary N) is 1. The lowest BCUT2D eigenvalue weighted by molar-refractivity contribution is 0.290. The molecule has 0 saturated heterocycles. The van der Waals surface area contributed by atoms with Crippen LogP contribution in [0.1, 0.15) is 24.0 Å². The quantitative estimate of drug-likeness (QED) is 0.244. The zero-order chi connectivity index (χ0) is 22.5. The molecule has 0 saturated carbocycles. The van der Waals surface area contributed by atoms with Crippen molar-refractivity contribution in [2.75, 3.05) is 33.7 Å². The highest BCUT2D eigenvalue weighted by Gasteiger charge is 2.20. The largest absolute Gasteiger partial charge is 0.493 e. The zero-order valence-corrected chi connectivity index (χ0v) is 18.7. The number of aliphatic hydroxyl groups excluding tert-OH is 1. The molecule has 0 amide bonds. The Morgan fingerprint density at radius 1 is 1.19 bits per heavy atom. The van der Waals surface area contributed by atoms with Crippen molar-refractivity contribution < 1.29 is 19.3 Å². The first-order valence-electron chi connectivity index (χ1n) is 9.65. The molecule has 0 spiro atoms. The van der Waals surface area contributed by atoms with E-state index in [0.717, 1.165) is 11.0 Å². The first kappa shape index (κ1) is 22.6. The molecule has 3 N–H and O–H groups in total. The van der Waals surface area contributed by atoms with Gasteiger partial charge in [0.15, 0.2) is 11.5 Å². The van der Waals surface area contributed by atoms with Crippen molar-refractivity contribution >= 4 is 41.9 Å². The zero-order valence-electron chi connectivity index (χ0n) is 18.0. The summed E-state index contributed by atoms with van der Waals surface area (Å²) in [5.41, 5.74) is 8.98.